The molecule has 0 saturated carbocycles. The maximum atomic E-state index is 9.01. The van der Waals surface area contributed by atoms with Gasteiger partial charge in [0.15, 0.2) is 0 Å². The monoisotopic (exact) mass is 144 g/mol. The third-order valence-electron chi connectivity index (χ3n) is 1.53. The van der Waals surface area contributed by atoms with E-state index in [1.54, 1.807) is 12.3 Å². The molecule has 0 aliphatic heterocycles. The number of fused-ring (bicyclic) bond motifs is 1. The van der Waals surface area contributed by atoms with Gasteiger partial charge in [-0.2, -0.15) is 0 Å². The second-order valence-corrected chi connectivity index (χ2v) is 2.30. The minimum atomic E-state index is 0.0529. The van der Waals surface area contributed by atoms with E-state index in [1.807, 2.05) is 18.2 Å². The first-order chi connectivity index (χ1) is 5.36. The van der Waals surface area contributed by atoms with Crippen molar-refractivity contribution in [3.8, 4) is 5.88 Å². The Morgan fingerprint density at radius 3 is 3.27 bits per heavy atom. The van der Waals surface area contributed by atoms with Crippen LogP contribution in [-0.2, 0) is 0 Å². The first-order valence-corrected chi connectivity index (χ1v) is 3.32. The first kappa shape index (κ1) is 6.16. The van der Waals surface area contributed by atoms with Gasteiger partial charge in [-0.3, -0.25) is 0 Å². The van der Waals surface area contributed by atoms with Crippen LogP contribution in [-0.4, -0.2) is 10.1 Å². The van der Waals surface area contributed by atoms with E-state index in [0.29, 0.717) is 0 Å². The van der Waals surface area contributed by atoms with Gasteiger partial charge in [0, 0.05) is 17.6 Å². The van der Waals surface area contributed by atoms with E-state index in [-0.39, 0.29) is 5.88 Å². The average molecular weight is 144 g/mol. The van der Waals surface area contributed by atoms with Crippen molar-refractivity contribution < 1.29 is 5.11 Å². The zero-order valence-corrected chi connectivity index (χ0v) is 5.78. The quantitative estimate of drug-likeness (QED) is 0.611. The number of benzene rings is 1. The number of rotatable bonds is 0. The summed E-state index contributed by atoms with van der Waals surface area (Å²) in [5, 5.41) is 10.9. The Kier molecular flexibility index (Phi) is 1.25. The Bertz CT molecular complexity index is 384. The second kappa shape index (κ2) is 2.23. The van der Waals surface area contributed by atoms with E-state index in [2.05, 4.69) is 11.1 Å². The zero-order chi connectivity index (χ0) is 7.68. The summed E-state index contributed by atoms with van der Waals surface area (Å²) in [6, 6.07) is 10.2. The standard InChI is InChI=1S/C9H6NO/c11-9-5-7-3-1-2-4-8(7)6-10-9/h1-3,5-6H,(H,10,11). The maximum Gasteiger partial charge on any atom is 0.211 e. The third kappa shape index (κ3) is 1.03. The maximum absolute atomic E-state index is 9.01. The molecule has 1 aromatic carbocycles. The van der Waals surface area contributed by atoms with Crippen LogP contribution in [0, 0.1) is 6.07 Å². The average Bonchev–Trinajstić information content (AvgIpc) is 2.04. The Labute approximate surface area is 64.1 Å². The number of pyridine rings is 1. The second-order valence-electron chi connectivity index (χ2n) is 2.30. The smallest absolute Gasteiger partial charge is 0.211 e. The number of hydrogen-bond acceptors (Lipinski definition) is 2. The lowest BCUT2D eigenvalue weighted by Crippen LogP contribution is -1.75. The van der Waals surface area contributed by atoms with Crippen molar-refractivity contribution >= 4 is 10.8 Å². The number of aromatic hydroxyl groups is 1. The fourth-order valence-corrected chi connectivity index (χ4v) is 1.01. The topological polar surface area (TPSA) is 33.1 Å². The lowest BCUT2D eigenvalue weighted by Gasteiger charge is -1.94. The fourth-order valence-electron chi connectivity index (χ4n) is 1.01. The highest BCUT2D eigenvalue weighted by molar-refractivity contribution is 5.81. The summed E-state index contributed by atoms with van der Waals surface area (Å²) in [5.41, 5.74) is 0. The van der Waals surface area contributed by atoms with Crippen LogP contribution >= 0.6 is 0 Å². The van der Waals surface area contributed by atoms with Gasteiger partial charge in [0.05, 0.1) is 0 Å². The highest BCUT2D eigenvalue weighted by atomic mass is 16.3. The molecule has 0 aliphatic rings. The molecule has 53 valence electrons. The van der Waals surface area contributed by atoms with Crippen molar-refractivity contribution in [2.24, 2.45) is 0 Å². The zero-order valence-electron chi connectivity index (χ0n) is 5.78. The lowest BCUT2D eigenvalue weighted by atomic mass is 10.2. The predicted molar refractivity (Wildman–Crippen MR) is 42.2 cm³/mol. The molecule has 2 heteroatoms. The van der Waals surface area contributed by atoms with Crippen LogP contribution in [0.25, 0.3) is 10.8 Å². The molecule has 1 radical (unpaired) electrons. The highest BCUT2D eigenvalue weighted by Crippen LogP contribution is 2.15. The molecule has 0 amide bonds. The van der Waals surface area contributed by atoms with Crippen molar-refractivity contribution in [3.05, 3.63) is 36.5 Å². The van der Waals surface area contributed by atoms with Crippen LogP contribution in [0.3, 0.4) is 0 Å². The van der Waals surface area contributed by atoms with E-state index >= 15 is 0 Å². The largest absolute Gasteiger partial charge is 0.493 e. The Morgan fingerprint density at radius 1 is 1.45 bits per heavy atom. The highest BCUT2D eigenvalue weighted by Gasteiger charge is 1.92. The van der Waals surface area contributed by atoms with Gasteiger partial charge in [0.2, 0.25) is 5.88 Å². The number of aromatic nitrogens is 1. The SMILES string of the molecule is Oc1cc2ccc[c]c2cn1. The summed E-state index contributed by atoms with van der Waals surface area (Å²) in [6.45, 7) is 0. The van der Waals surface area contributed by atoms with Gasteiger partial charge in [0.1, 0.15) is 0 Å². The molecule has 0 fully saturated rings. The molecule has 11 heavy (non-hydrogen) atoms. The Balaban J connectivity index is 2.83. The summed E-state index contributed by atoms with van der Waals surface area (Å²) < 4.78 is 0. The van der Waals surface area contributed by atoms with Crippen LogP contribution in [0.5, 0.6) is 5.88 Å². The van der Waals surface area contributed by atoms with E-state index in [9.17, 15) is 0 Å². The molecule has 2 aromatic rings. The van der Waals surface area contributed by atoms with Crippen LogP contribution in [0.4, 0.5) is 0 Å². The van der Waals surface area contributed by atoms with Crippen LogP contribution in [0.2, 0.25) is 0 Å². The molecular formula is C9H6NO. The van der Waals surface area contributed by atoms with Crippen molar-refractivity contribution in [1.29, 1.82) is 0 Å². The first-order valence-electron chi connectivity index (χ1n) is 3.32. The van der Waals surface area contributed by atoms with Crippen molar-refractivity contribution in [3.63, 3.8) is 0 Å². The van der Waals surface area contributed by atoms with Gasteiger partial charge in [-0.15, -0.1) is 0 Å². The normalized spacial score (nSPS) is 10.2. The van der Waals surface area contributed by atoms with Gasteiger partial charge < -0.3 is 5.11 Å². The molecular weight excluding hydrogens is 138 g/mol. The summed E-state index contributed by atoms with van der Waals surface area (Å²) in [4.78, 5) is 3.73. The lowest BCUT2D eigenvalue weighted by molar-refractivity contribution is 0.454. The van der Waals surface area contributed by atoms with Crippen molar-refractivity contribution in [1.82, 2.24) is 4.98 Å². The molecule has 0 atom stereocenters. The Morgan fingerprint density at radius 2 is 2.36 bits per heavy atom. The van der Waals surface area contributed by atoms with E-state index in [4.69, 9.17) is 5.11 Å². The van der Waals surface area contributed by atoms with E-state index in [0.717, 1.165) is 10.8 Å². The molecule has 1 heterocycles. The van der Waals surface area contributed by atoms with Crippen LogP contribution in [0.15, 0.2) is 30.5 Å². The number of hydrogen-bond donors (Lipinski definition) is 1. The van der Waals surface area contributed by atoms with Crippen LogP contribution in [0.1, 0.15) is 0 Å². The van der Waals surface area contributed by atoms with Gasteiger partial charge >= 0.3 is 0 Å². The van der Waals surface area contributed by atoms with Crippen molar-refractivity contribution in [2.45, 2.75) is 0 Å². The summed E-state index contributed by atoms with van der Waals surface area (Å²) in [5.74, 6) is 0.0529. The van der Waals surface area contributed by atoms with Crippen LogP contribution < -0.4 is 0 Å². The van der Waals surface area contributed by atoms with E-state index in [1.165, 1.54) is 0 Å². The number of nitrogens with zero attached hydrogens (tertiary/aromatic N) is 1. The molecule has 0 saturated heterocycles. The summed E-state index contributed by atoms with van der Waals surface area (Å²) in [6.07, 6.45) is 1.60. The molecule has 1 aromatic heterocycles. The Hall–Kier alpha value is -1.57. The molecule has 2 nitrogen and oxygen atoms in total. The molecule has 0 unspecified atom stereocenters. The molecule has 1 N–H and O–H groups in total. The summed E-state index contributed by atoms with van der Waals surface area (Å²) in [7, 11) is 0. The van der Waals surface area contributed by atoms with E-state index < -0.39 is 0 Å². The summed E-state index contributed by atoms with van der Waals surface area (Å²) >= 11 is 0. The fraction of sp³-hybridized carbons (Fsp3) is 0. The van der Waals surface area contributed by atoms with Crippen molar-refractivity contribution in [2.75, 3.05) is 0 Å². The van der Waals surface area contributed by atoms with Gasteiger partial charge in [-0.05, 0) is 11.5 Å². The minimum Gasteiger partial charge on any atom is -0.493 e. The minimum absolute atomic E-state index is 0.0529. The molecule has 0 bridgehead atoms. The van der Waals surface area contributed by atoms with Gasteiger partial charge in [-0.1, -0.05) is 18.2 Å². The van der Waals surface area contributed by atoms with Gasteiger partial charge in [-0.25, -0.2) is 4.98 Å². The molecule has 0 aliphatic carbocycles. The van der Waals surface area contributed by atoms with Gasteiger partial charge in [0.25, 0.3) is 0 Å². The molecule has 0 spiro atoms. The third-order valence-corrected chi connectivity index (χ3v) is 1.53. The molecule has 2 rings (SSSR count). The predicted octanol–water partition coefficient (Wildman–Crippen LogP) is 1.74.